The van der Waals surface area contributed by atoms with Gasteiger partial charge in [-0.2, -0.15) is 0 Å². The van der Waals surface area contributed by atoms with Crippen molar-refractivity contribution in [2.45, 2.75) is 38.6 Å². The molecular weight excluding hydrogens is 352 g/mol. The topological polar surface area (TPSA) is 82.5 Å². The summed E-state index contributed by atoms with van der Waals surface area (Å²) in [5.74, 6) is -0.527. The average Bonchev–Trinajstić information content (AvgIpc) is 3.02. The summed E-state index contributed by atoms with van der Waals surface area (Å²) in [4.78, 5) is 21.6. The number of nitrogens with two attached hydrogens (primary N) is 1. The van der Waals surface area contributed by atoms with Crippen LogP contribution < -0.4 is 5.73 Å². The molecule has 28 heavy (non-hydrogen) atoms. The Morgan fingerprint density at radius 3 is 2.93 bits per heavy atom. The van der Waals surface area contributed by atoms with Crippen LogP contribution in [0.25, 0.3) is 10.9 Å². The zero-order valence-corrected chi connectivity index (χ0v) is 16.2. The molecule has 1 aromatic carbocycles. The number of primary amides is 1. The first kappa shape index (κ1) is 18.2. The summed E-state index contributed by atoms with van der Waals surface area (Å²) < 4.78 is 2.22. The van der Waals surface area contributed by atoms with Crippen molar-refractivity contribution in [2.24, 2.45) is 10.9 Å². The normalized spacial score (nSPS) is 16.8. The van der Waals surface area contributed by atoms with Crippen molar-refractivity contribution in [1.82, 2.24) is 9.55 Å². The highest BCUT2D eigenvalue weighted by Gasteiger charge is 2.31. The van der Waals surface area contributed by atoms with Crippen molar-refractivity contribution in [1.29, 1.82) is 0 Å². The van der Waals surface area contributed by atoms with E-state index >= 15 is 0 Å². The number of carbonyl (C=O) groups excluding carboxylic acids is 1. The number of amides is 1. The lowest BCUT2D eigenvalue weighted by Crippen LogP contribution is -2.27. The van der Waals surface area contributed by atoms with Gasteiger partial charge in [-0.15, -0.1) is 0 Å². The summed E-state index contributed by atoms with van der Waals surface area (Å²) in [5.41, 5.74) is 11.9. The lowest BCUT2D eigenvalue weighted by atomic mass is 9.86. The second-order valence-electron chi connectivity index (χ2n) is 7.21. The monoisotopic (exact) mass is 376 g/mol. The summed E-state index contributed by atoms with van der Waals surface area (Å²) in [6, 6.07) is 12.2. The van der Waals surface area contributed by atoms with Gasteiger partial charge < -0.3 is 15.1 Å². The molecule has 0 fully saturated rings. The number of pyridine rings is 1. The van der Waals surface area contributed by atoms with Crippen LogP contribution in [0, 0.1) is 0 Å². The van der Waals surface area contributed by atoms with Gasteiger partial charge in [-0.1, -0.05) is 17.3 Å². The van der Waals surface area contributed by atoms with E-state index < -0.39 is 0 Å². The van der Waals surface area contributed by atoms with Gasteiger partial charge in [0.2, 0.25) is 5.91 Å². The molecule has 0 aliphatic heterocycles. The second kappa shape index (κ2) is 7.46. The Labute approximate surface area is 164 Å². The number of carbonyl (C=O) groups is 1. The molecule has 1 aliphatic rings. The largest absolute Gasteiger partial charge is 0.399 e. The number of rotatable bonds is 5. The highest BCUT2D eigenvalue weighted by atomic mass is 16.6. The van der Waals surface area contributed by atoms with E-state index in [0.29, 0.717) is 6.54 Å². The van der Waals surface area contributed by atoms with Crippen molar-refractivity contribution in [3.8, 4) is 0 Å². The van der Waals surface area contributed by atoms with Crippen LogP contribution in [0.3, 0.4) is 0 Å². The molecule has 0 saturated carbocycles. The van der Waals surface area contributed by atoms with Gasteiger partial charge in [0, 0.05) is 22.8 Å². The molecule has 3 aromatic rings. The van der Waals surface area contributed by atoms with Gasteiger partial charge in [-0.05, 0) is 61.6 Å². The zero-order chi connectivity index (χ0) is 19.7. The Morgan fingerprint density at radius 2 is 2.21 bits per heavy atom. The van der Waals surface area contributed by atoms with E-state index in [2.05, 4.69) is 26.8 Å². The van der Waals surface area contributed by atoms with E-state index in [4.69, 9.17) is 10.6 Å². The van der Waals surface area contributed by atoms with Crippen LogP contribution >= 0.6 is 0 Å². The zero-order valence-electron chi connectivity index (χ0n) is 16.2. The van der Waals surface area contributed by atoms with Crippen LogP contribution in [0.1, 0.15) is 48.2 Å². The van der Waals surface area contributed by atoms with E-state index in [1.807, 2.05) is 31.2 Å². The van der Waals surface area contributed by atoms with Crippen LogP contribution in [0.5, 0.6) is 0 Å². The van der Waals surface area contributed by atoms with Crippen LogP contribution in [0.4, 0.5) is 0 Å². The summed E-state index contributed by atoms with van der Waals surface area (Å²) in [6.45, 7) is 2.54. The van der Waals surface area contributed by atoms with E-state index in [-0.39, 0.29) is 11.8 Å². The van der Waals surface area contributed by atoms with Crippen LogP contribution in [-0.2, 0) is 22.6 Å². The fourth-order valence-electron chi connectivity index (χ4n) is 4.24. The number of nitrogens with zero attached hydrogens (tertiary/aromatic N) is 3. The second-order valence-corrected chi connectivity index (χ2v) is 7.21. The Hall–Kier alpha value is -3.15. The lowest BCUT2D eigenvalue weighted by molar-refractivity contribution is -0.119. The maximum absolute atomic E-state index is 12.2. The molecule has 1 aliphatic carbocycles. The van der Waals surface area contributed by atoms with Crippen LogP contribution in [0.2, 0.25) is 0 Å². The van der Waals surface area contributed by atoms with Gasteiger partial charge in [-0.3, -0.25) is 9.78 Å². The molecule has 4 rings (SSSR count). The molecule has 144 valence electrons. The highest BCUT2D eigenvalue weighted by Crippen LogP contribution is 2.39. The van der Waals surface area contributed by atoms with Crippen molar-refractivity contribution in [3.63, 3.8) is 0 Å². The molecule has 0 bridgehead atoms. The Morgan fingerprint density at radius 1 is 1.36 bits per heavy atom. The number of hydrogen-bond donors (Lipinski definition) is 1. The first-order chi connectivity index (χ1) is 13.6. The standard InChI is InChI=1S/C22H24N4O2/c1-14(25-28-2)15-9-10-20-19(12-15)17-7-5-8-18(22(23)27)21(17)26(20)13-16-6-3-4-11-24-16/h3-4,6,9-12,18H,5,7-8,13H2,1-2H3,(H2,23,27). The molecule has 1 unspecified atom stereocenters. The maximum atomic E-state index is 12.2. The van der Waals surface area contributed by atoms with E-state index in [1.165, 1.54) is 5.56 Å². The van der Waals surface area contributed by atoms with Crippen molar-refractivity contribution in [2.75, 3.05) is 7.11 Å². The van der Waals surface area contributed by atoms with Gasteiger partial charge >= 0.3 is 0 Å². The van der Waals surface area contributed by atoms with Crippen molar-refractivity contribution < 1.29 is 9.63 Å². The van der Waals surface area contributed by atoms with Crippen molar-refractivity contribution in [3.05, 3.63) is 65.1 Å². The molecule has 1 amide bonds. The molecule has 0 radical (unpaired) electrons. The minimum atomic E-state index is -0.267. The third kappa shape index (κ3) is 3.15. The van der Waals surface area contributed by atoms with E-state index in [9.17, 15) is 4.79 Å². The molecular formula is C22H24N4O2. The molecule has 6 nitrogen and oxygen atoms in total. The van der Waals surface area contributed by atoms with Gasteiger partial charge in [-0.25, -0.2) is 0 Å². The van der Waals surface area contributed by atoms with E-state index in [0.717, 1.165) is 52.8 Å². The number of benzene rings is 1. The molecule has 2 aromatic heterocycles. The number of hydrogen-bond acceptors (Lipinski definition) is 4. The number of aromatic nitrogens is 2. The Kier molecular flexibility index (Phi) is 4.86. The van der Waals surface area contributed by atoms with Crippen LogP contribution in [-0.4, -0.2) is 28.3 Å². The van der Waals surface area contributed by atoms with Crippen LogP contribution in [0.15, 0.2) is 47.8 Å². The SMILES string of the molecule is CON=C(C)c1ccc2c(c1)c1c(n2Cc2ccccn2)C(C(N)=O)CCC1. The molecule has 0 saturated heterocycles. The minimum absolute atomic E-state index is 0.261. The Balaban J connectivity index is 1.94. The molecule has 0 spiro atoms. The van der Waals surface area contributed by atoms with E-state index in [1.54, 1.807) is 13.3 Å². The number of oxime groups is 1. The molecule has 2 N–H and O–H groups in total. The third-order valence-corrected chi connectivity index (χ3v) is 5.50. The molecule has 2 heterocycles. The number of aryl methyl sites for hydroxylation is 1. The molecule has 6 heteroatoms. The summed E-state index contributed by atoms with van der Waals surface area (Å²) in [7, 11) is 1.55. The predicted molar refractivity (Wildman–Crippen MR) is 109 cm³/mol. The quantitative estimate of drug-likeness (QED) is 0.547. The summed E-state index contributed by atoms with van der Waals surface area (Å²) in [5, 5.41) is 5.21. The smallest absolute Gasteiger partial charge is 0.226 e. The van der Waals surface area contributed by atoms with Crippen molar-refractivity contribution >= 4 is 22.5 Å². The predicted octanol–water partition coefficient (Wildman–Crippen LogP) is 3.36. The van der Waals surface area contributed by atoms with Gasteiger partial charge in [0.05, 0.1) is 23.9 Å². The average molecular weight is 376 g/mol. The fraction of sp³-hybridized carbons (Fsp3) is 0.318. The first-order valence-electron chi connectivity index (χ1n) is 9.52. The number of fused-ring (bicyclic) bond motifs is 3. The van der Waals surface area contributed by atoms with Gasteiger partial charge in [0.15, 0.2) is 0 Å². The molecule has 1 atom stereocenters. The lowest BCUT2D eigenvalue weighted by Gasteiger charge is -2.23. The first-order valence-corrected chi connectivity index (χ1v) is 9.52. The Bertz CT molecular complexity index is 1050. The third-order valence-electron chi connectivity index (χ3n) is 5.50. The van der Waals surface area contributed by atoms with Gasteiger partial charge in [0.1, 0.15) is 7.11 Å². The van der Waals surface area contributed by atoms with Gasteiger partial charge in [0.25, 0.3) is 0 Å². The highest BCUT2D eigenvalue weighted by molar-refractivity contribution is 6.02. The fourth-order valence-corrected chi connectivity index (χ4v) is 4.24. The minimum Gasteiger partial charge on any atom is -0.399 e. The summed E-state index contributed by atoms with van der Waals surface area (Å²) in [6.07, 6.45) is 4.48. The summed E-state index contributed by atoms with van der Waals surface area (Å²) >= 11 is 0. The maximum Gasteiger partial charge on any atom is 0.226 e.